The van der Waals surface area contributed by atoms with Crippen LogP contribution in [0.15, 0.2) is 24.3 Å². The summed E-state index contributed by atoms with van der Waals surface area (Å²) in [5.74, 6) is 5.56. The molecule has 0 fully saturated rings. The zero-order valence-electron chi connectivity index (χ0n) is 13.3. The van der Waals surface area contributed by atoms with Crippen LogP contribution >= 0.6 is 0 Å². The number of nitrogens with one attached hydrogen (secondary N) is 1. The van der Waals surface area contributed by atoms with Crippen molar-refractivity contribution in [1.29, 1.82) is 0 Å². The Hall–Kier alpha value is -1.71. The number of rotatable bonds is 3. The first-order chi connectivity index (χ1) is 9.85. The second kappa shape index (κ2) is 5.96. The van der Waals surface area contributed by atoms with Gasteiger partial charge in [-0.25, -0.2) is 9.82 Å². The molecule has 2 aromatic rings. The fraction of sp³-hybridized carbons (Fsp3) is 0.333. The largest absolute Gasteiger partial charge is 0.271 e. The topological polar surface area (TPSA) is 38.0 Å². The number of aryl methyl sites for hydroxylation is 5. The second-order valence-electron chi connectivity index (χ2n) is 5.89. The van der Waals surface area contributed by atoms with E-state index in [-0.39, 0.29) is 11.9 Å². The van der Waals surface area contributed by atoms with Crippen molar-refractivity contribution >= 4 is 0 Å². The molecule has 0 radical (unpaired) electrons. The number of halogens is 1. The third kappa shape index (κ3) is 2.99. The van der Waals surface area contributed by atoms with Gasteiger partial charge in [-0.1, -0.05) is 23.8 Å². The van der Waals surface area contributed by atoms with Gasteiger partial charge in [-0.05, 0) is 68.5 Å². The van der Waals surface area contributed by atoms with Gasteiger partial charge in [0, 0.05) is 5.56 Å². The Morgan fingerprint density at radius 3 is 1.67 bits per heavy atom. The van der Waals surface area contributed by atoms with E-state index in [2.05, 4.69) is 24.5 Å². The summed E-state index contributed by atoms with van der Waals surface area (Å²) in [4.78, 5) is 0. The summed E-state index contributed by atoms with van der Waals surface area (Å²) in [6, 6.07) is 7.42. The third-order valence-corrected chi connectivity index (χ3v) is 3.96. The minimum Gasteiger partial charge on any atom is -0.271 e. The SMILES string of the molecule is Cc1cc(C)c(C(NN)c2c(C)cc(C)cc2F)c(C)c1. The molecule has 2 rings (SSSR count). The number of nitrogens with two attached hydrogens (primary N) is 1. The van der Waals surface area contributed by atoms with Gasteiger partial charge in [0.25, 0.3) is 0 Å². The molecule has 2 nitrogen and oxygen atoms in total. The molecule has 21 heavy (non-hydrogen) atoms. The fourth-order valence-electron chi connectivity index (χ4n) is 3.25. The van der Waals surface area contributed by atoms with Crippen molar-refractivity contribution in [3.8, 4) is 0 Å². The van der Waals surface area contributed by atoms with E-state index in [1.807, 2.05) is 33.8 Å². The predicted octanol–water partition coefficient (Wildman–Crippen LogP) is 3.92. The first-order valence-corrected chi connectivity index (χ1v) is 7.15. The molecule has 0 saturated heterocycles. The Balaban J connectivity index is 2.66. The zero-order valence-corrected chi connectivity index (χ0v) is 13.3. The maximum atomic E-state index is 14.5. The van der Waals surface area contributed by atoms with Crippen molar-refractivity contribution in [1.82, 2.24) is 5.43 Å². The Labute approximate surface area is 126 Å². The smallest absolute Gasteiger partial charge is 0.128 e. The predicted molar refractivity (Wildman–Crippen MR) is 85.7 cm³/mol. The maximum absolute atomic E-state index is 14.5. The summed E-state index contributed by atoms with van der Waals surface area (Å²) in [7, 11) is 0. The van der Waals surface area contributed by atoms with Crippen molar-refractivity contribution in [2.45, 2.75) is 40.7 Å². The molecule has 0 aliphatic heterocycles. The number of hydrogen-bond donors (Lipinski definition) is 2. The Morgan fingerprint density at radius 1 is 0.810 bits per heavy atom. The standard InChI is InChI=1S/C18H23FN2/c1-10-6-12(3)16(13(4)7-10)18(21-20)17-14(5)8-11(2)9-15(17)19/h6-9,18,21H,20H2,1-5H3. The summed E-state index contributed by atoms with van der Waals surface area (Å²) < 4.78 is 14.5. The summed E-state index contributed by atoms with van der Waals surface area (Å²) >= 11 is 0. The highest BCUT2D eigenvalue weighted by Crippen LogP contribution is 2.32. The van der Waals surface area contributed by atoms with Gasteiger partial charge in [-0.3, -0.25) is 5.84 Å². The average molecular weight is 286 g/mol. The lowest BCUT2D eigenvalue weighted by Crippen LogP contribution is -2.31. The summed E-state index contributed by atoms with van der Waals surface area (Å²) in [5.41, 5.74) is 9.74. The van der Waals surface area contributed by atoms with Crippen molar-refractivity contribution in [2.75, 3.05) is 0 Å². The van der Waals surface area contributed by atoms with Gasteiger partial charge in [0.05, 0.1) is 6.04 Å². The van der Waals surface area contributed by atoms with Crippen LogP contribution in [0.1, 0.15) is 45.0 Å². The maximum Gasteiger partial charge on any atom is 0.128 e. The molecule has 112 valence electrons. The van der Waals surface area contributed by atoms with Crippen LogP contribution in [0, 0.1) is 40.4 Å². The number of hydrazine groups is 1. The van der Waals surface area contributed by atoms with Crippen molar-refractivity contribution in [3.63, 3.8) is 0 Å². The first kappa shape index (κ1) is 15.7. The molecular formula is C18H23FN2. The molecule has 0 aromatic heterocycles. The molecule has 0 aliphatic rings. The molecule has 3 N–H and O–H groups in total. The highest BCUT2D eigenvalue weighted by molar-refractivity contribution is 5.47. The molecule has 0 heterocycles. The van der Waals surface area contributed by atoms with Crippen LogP contribution in [-0.4, -0.2) is 0 Å². The normalized spacial score (nSPS) is 12.5. The fourth-order valence-corrected chi connectivity index (χ4v) is 3.25. The summed E-state index contributed by atoms with van der Waals surface area (Å²) in [6.07, 6.45) is 0. The Bertz CT molecular complexity index is 573. The molecule has 0 bridgehead atoms. The second-order valence-corrected chi connectivity index (χ2v) is 5.89. The van der Waals surface area contributed by atoms with E-state index in [1.54, 1.807) is 6.07 Å². The molecule has 0 saturated carbocycles. The van der Waals surface area contributed by atoms with Gasteiger partial charge in [-0.2, -0.15) is 0 Å². The van der Waals surface area contributed by atoms with Crippen molar-refractivity contribution in [2.24, 2.45) is 5.84 Å². The third-order valence-electron chi connectivity index (χ3n) is 3.96. The highest BCUT2D eigenvalue weighted by atomic mass is 19.1. The highest BCUT2D eigenvalue weighted by Gasteiger charge is 2.22. The van der Waals surface area contributed by atoms with Crippen LogP contribution in [0.25, 0.3) is 0 Å². The van der Waals surface area contributed by atoms with E-state index in [1.165, 1.54) is 5.56 Å². The Kier molecular flexibility index (Phi) is 4.45. The average Bonchev–Trinajstić information content (AvgIpc) is 2.34. The number of hydrogen-bond acceptors (Lipinski definition) is 2. The molecule has 1 atom stereocenters. The van der Waals surface area contributed by atoms with E-state index in [0.717, 1.165) is 27.8 Å². The molecule has 0 aliphatic carbocycles. The van der Waals surface area contributed by atoms with Gasteiger partial charge in [-0.15, -0.1) is 0 Å². The van der Waals surface area contributed by atoms with Crippen LogP contribution < -0.4 is 11.3 Å². The van der Waals surface area contributed by atoms with Crippen LogP contribution in [0.4, 0.5) is 4.39 Å². The summed E-state index contributed by atoms with van der Waals surface area (Å²) in [5, 5.41) is 0. The quantitative estimate of drug-likeness (QED) is 0.663. The van der Waals surface area contributed by atoms with Crippen molar-refractivity contribution < 1.29 is 4.39 Å². The van der Waals surface area contributed by atoms with E-state index >= 15 is 0 Å². The molecule has 1 unspecified atom stereocenters. The van der Waals surface area contributed by atoms with Gasteiger partial charge < -0.3 is 0 Å². The van der Waals surface area contributed by atoms with E-state index in [9.17, 15) is 4.39 Å². The van der Waals surface area contributed by atoms with Crippen LogP contribution in [-0.2, 0) is 0 Å². The molecule has 3 heteroatoms. The van der Waals surface area contributed by atoms with Gasteiger partial charge in [0.15, 0.2) is 0 Å². The lowest BCUT2D eigenvalue weighted by molar-refractivity contribution is 0.553. The zero-order chi connectivity index (χ0) is 15.7. The lowest BCUT2D eigenvalue weighted by Gasteiger charge is -2.24. The first-order valence-electron chi connectivity index (χ1n) is 7.15. The lowest BCUT2D eigenvalue weighted by atomic mass is 9.87. The van der Waals surface area contributed by atoms with E-state index in [4.69, 9.17) is 5.84 Å². The van der Waals surface area contributed by atoms with E-state index < -0.39 is 0 Å². The molecule has 2 aromatic carbocycles. The van der Waals surface area contributed by atoms with Crippen LogP contribution in [0.3, 0.4) is 0 Å². The number of benzene rings is 2. The van der Waals surface area contributed by atoms with Crippen LogP contribution in [0.2, 0.25) is 0 Å². The van der Waals surface area contributed by atoms with Gasteiger partial charge in [0.2, 0.25) is 0 Å². The van der Waals surface area contributed by atoms with Crippen molar-refractivity contribution in [3.05, 3.63) is 69.0 Å². The minimum atomic E-state index is -0.341. The molecule has 0 spiro atoms. The van der Waals surface area contributed by atoms with E-state index in [0.29, 0.717) is 5.56 Å². The van der Waals surface area contributed by atoms with Gasteiger partial charge >= 0.3 is 0 Å². The van der Waals surface area contributed by atoms with Crippen LogP contribution in [0.5, 0.6) is 0 Å². The minimum absolute atomic E-state index is 0.213. The monoisotopic (exact) mass is 286 g/mol. The van der Waals surface area contributed by atoms with Gasteiger partial charge in [0.1, 0.15) is 5.82 Å². The molecule has 0 amide bonds. The Morgan fingerprint density at radius 2 is 1.24 bits per heavy atom. The summed E-state index contributed by atoms with van der Waals surface area (Å²) in [6.45, 7) is 9.97. The molecular weight excluding hydrogens is 263 g/mol.